The summed E-state index contributed by atoms with van der Waals surface area (Å²) in [6.07, 6.45) is 2.27. The molecule has 5 rings (SSSR count). The third kappa shape index (κ3) is 3.66. The topological polar surface area (TPSA) is 113 Å². The van der Waals surface area contributed by atoms with E-state index in [2.05, 4.69) is 31.0 Å². The quantitative estimate of drug-likeness (QED) is 0.239. The zero-order chi connectivity index (χ0) is 19.8. The number of benzene rings is 1. The molecule has 29 heavy (non-hydrogen) atoms. The molecule has 1 fully saturated rings. The number of hydrogen-bond acceptors (Lipinski definition) is 9. The lowest BCUT2D eigenvalue weighted by Gasteiger charge is -2.06. The van der Waals surface area contributed by atoms with Crippen molar-refractivity contribution in [2.24, 2.45) is 0 Å². The van der Waals surface area contributed by atoms with Crippen molar-refractivity contribution in [1.29, 1.82) is 0 Å². The number of thioether (sulfide) groups is 1. The first kappa shape index (κ1) is 18.0. The highest BCUT2D eigenvalue weighted by molar-refractivity contribution is 7.98. The van der Waals surface area contributed by atoms with Crippen molar-refractivity contribution in [3.63, 3.8) is 0 Å². The van der Waals surface area contributed by atoms with Crippen LogP contribution in [0.2, 0.25) is 0 Å². The normalized spacial score (nSPS) is 13.7. The maximum atomic E-state index is 10.8. The van der Waals surface area contributed by atoms with Gasteiger partial charge in [-0.05, 0) is 36.4 Å². The molecule has 0 spiro atoms. The highest BCUT2D eigenvalue weighted by Gasteiger charge is 2.30. The largest absolute Gasteiger partial charge is 0.338 e. The van der Waals surface area contributed by atoms with Crippen LogP contribution in [0.25, 0.3) is 22.1 Å². The number of nitro groups is 1. The zero-order valence-corrected chi connectivity index (χ0v) is 16.6. The van der Waals surface area contributed by atoms with Gasteiger partial charge < -0.3 is 4.52 Å². The first-order valence-electron chi connectivity index (χ1n) is 8.88. The summed E-state index contributed by atoms with van der Waals surface area (Å²) in [5.74, 6) is 2.24. The fraction of sp³-hybridized carbons (Fsp3) is 0.222. The van der Waals surface area contributed by atoms with Gasteiger partial charge in [-0.3, -0.25) is 14.7 Å². The van der Waals surface area contributed by atoms with E-state index in [-0.39, 0.29) is 5.69 Å². The molecule has 1 aromatic carbocycles. The number of nitrogens with zero attached hydrogens (tertiary/aromatic N) is 6. The number of non-ortho nitro benzene ring substituents is 1. The highest BCUT2D eigenvalue weighted by atomic mass is 32.2. The Labute approximate surface area is 172 Å². The van der Waals surface area contributed by atoms with Gasteiger partial charge in [-0.15, -0.1) is 21.5 Å². The van der Waals surface area contributed by atoms with E-state index in [1.807, 2.05) is 11.4 Å². The van der Waals surface area contributed by atoms with Gasteiger partial charge in [0.15, 0.2) is 11.0 Å². The van der Waals surface area contributed by atoms with E-state index in [0.29, 0.717) is 29.1 Å². The Morgan fingerprint density at radius 2 is 2.07 bits per heavy atom. The smallest absolute Gasteiger partial charge is 0.269 e. The number of aromatic nitrogens is 5. The standard InChI is InChI=1S/C18H14N6O3S2/c25-24(26)13-5-3-11(4-6-13)16-19-15(27-22-16)10-29-18-21-20-17(14-2-1-9-28-14)23(18)12-7-8-12/h1-6,9,12H,7-8,10H2. The second kappa shape index (κ2) is 7.41. The SMILES string of the molecule is O=[N+]([O-])c1ccc(-c2noc(CSc3nnc(-c4cccs4)n3C3CC3)n2)cc1. The average molecular weight is 426 g/mol. The van der Waals surface area contributed by atoms with Crippen molar-refractivity contribution in [3.8, 4) is 22.1 Å². The third-order valence-corrected chi connectivity index (χ3v) is 6.24. The fourth-order valence-electron chi connectivity index (χ4n) is 2.90. The van der Waals surface area contributed by atoms with Crippen LogP contribution in [-0.2, 0) is 5.75 Å². The minimum absolute atomic E-state index is 0.0222. The van der Waals surface area contributed by atoms with Gasteiger partial charge in [-0.25, -0.2) is 0 Å². The van der Waals surface area contributed by atoms with Gasteiger partial charge >= 0.3 is 0 Å². The van der Waals surface area contributed by atoms with Crippen molar-refractivity contribution < 1.29 is 9.45 Å². The van der Waals surface area contributed by atoms with E-state index < -0.39 is 4.92 Å². The van der Waals surface area contributed by atoms with Gasteiger partial charge in [0.1, 0.15) is 0 Å². The van der Waals surface area contributed by atoms with Crippen molar-refractivity contribution >= 4 is 28.8 Å². The number of thiophene rings is 1. The Morgan fingerprint density at radius 1 is 1.24 bits per heavy atom. The number of rotatable bonds is 7. The maximum Gasteiger partial charge on any atom is 0.269 e. The number of hydrogen-bond donors (Lipinski definition) is 0. The molecule has 9 nitrogen and oxygen atoms in total. The molecule has 4 aromatic rings. The Kier molecular flexibility index (Phi) is 4.60. The zero-order valence-electron chi connectivity index (χ0n) is 15.0. The third-order valence-electron chi connectivity index (χ3n) is 4.45. The summed E-state index contributed by atoms with van der Waals surface area (Å²) in [5, 5.41) is 26.4. The molecule has 11 heteroatoms. The van der Waals surface area contributed by atoms with Crippen LogP contribution < -0.4 is 0 Å². The van der Waals surface area contributed by atoms with Crippen LogP contribution in [0.3, 0.4) is 0 Å². The highest BCUT2D eigenvalue weighted by Crippen LogP contribution is 2.42. The average Bonchev–Trinajstić information content (AvgIpc) is 3.16. The summed E-state index contributed by atoms with van der Waals surface area (Å²) in [4.78, 5) is 15.8. The molecule has 3 aromatic heterocycles. The molecule has 1 aliphatic rings. The van der Waals surface area contributed by atoms with Gasteiger partial charge in [0.2, 0.25) is 11.7 Å². The Hall–Kier alpha value is -3.05. The lowest BCUT2D eigenvalue weighted by Crippen LogP contribution is -1.99. The van der Waals surface area contributed by atoms with Crippen LogP contribution in [0, 0.1) is 10.1 Å². The second-order valence-electron chi connectivity index (χ2n) is 6.49. The van der Waals surface area contributed by atoms with Gasteiger partial charge in [0.25, 0.3) is 5.69 Å². The van der Waals surface area contributed by atoms with Crippen LogP contribution in [-0.4, -0.2) is 29.8 Å². The molecule has 0 radical (unpaired) electrons. The first-order chi connectivity index (χ1) is 14.2. The molecule has 146 valence electrons. The van der Waals surface area contributed by atoms with E-state index >= 15 is 0 Å². The van der Waals surface area contributed by atoms with Crippen LogP contribution >= 0.6 is 23.1 Å². The van der Waals surface area contributed by atoms with Crippen LogP contribution in [0.15, 0.2) is 51.5 Å². The van der Waals surface area contributed by atoms with Crippen molar-refractivity contribution in [2.45, 2.75) is 29.8 Å². The molecule has 0 N–H and O–H groups in total. The Bertz CT molecular complexity index is 1150. The molecule has 0 atom stereocenters. The van der Waals surface area contributed by atoms with Gasteiger partial charge in [-0.2, -0.15) is 4.98 Å². The molecular formula is C18H14N6O3S2. The molecule has 0 saturated heterocycles. The fourth-order valence-corrected chi connectivity index (χ4v) is 4.45. The molecule has 0 bridgehead atoms. The maximum absolute atomic E-state index is 10.8. The van der Waals surface area contributed by atoms with Crippen molar-refractivity contribution in [3.05, 3.63) is 57.8 Å². The van der Waals surface area contributed by atoms with Gasteiger partial charge in [0, 0.05) is 23.7 Å². The predicted octanol–water partition coefficient (Wildman–Crippen LogP) is 4.59. The Balaban J connectivity index is 1.32. The minimum Gasteiger partial charge on any atom is -0.338 e. The first-order valence-corrected chi connectivity index (χ1v) is 10.7. The minimum atomic E-state index is -0.442. The van der Waals surface area contributed by atoms with Gasteiger partial charge in [0.05, 0.1) is 15.6 Å². The second-order valence-corrected chi connectivity index (χ2v) is 8.38. The van der Waals surface area contributed by atoms with E-state index in [1.54, 1.807) is 23.5 Å². The van der Waals surface area contributed by atoms with Crippen LogP contribution in [0.4, 0.5) is 5.69 Å². The lowest BCUT2D eigenvalue weighted by molar-refractivity contribution is -0.384. The van der Waals surface area contributed by atoms with Crippen molar-refractivity contribution in [2.75, 3.05) is 0 Å². The molecule has 3 heterocycles. The van der Waals surface area contributed by atoms with E-state index in [4.69, 9.17) is 4.52 Å². The molecule has 1 saturated carbocycles. The summed E-state index contributed by atoms with van der Waals surface area (Å²) < 4.78 is 7.54. The Morgan fingerprint density at radius 3 is 2.76 bits per heavy atom. The summed E-state index contributed by atoms with van der Waals surface area (Å²) in [6.45, 7) is 0. The predicted molar refractivity (Wildman–Crippen MR) is 108 cm³/mol. The van der Waals surface area contributed by atoms with E-state index in [1.165, 1.54) is 23.9 Å². The van der Waals surface area contributed by atoms with Crippen LogP contribution in [0.5, 0.6) is 0 Å². The molecule has 0 amide bonds. The van der Waals surface area contributed by atoms with Crippen LogP contribution in [0.1, 0.15) is 24.8 Å². The molecule has 0 unspecified atom stereocenters. The number of nitro benzene ring substituents is 1. The van der Waals surface area contributed by atoms with E-state index in [9.17, 15) is 10.1 Å². The molecule has 0 aliphatic heterocycles. The monoisotopic (exact) mass is 426 g/mol. The lowest BCUT2D eigenvalue weighted by atomic mass is 10.2. The summed E-state index contributed by atoms with van der Waals surface area (Å²) in [7, 11) is 0. The van der Waals surface area contributed by atoms with E-state index in [0.717, 1.165) is 28.7 Å². The molecule has 1 aliphatic carbocycles. The molecular weight excluding hydrogens is 412 g/mol. The van der Waals surface area contributed by atoms with Gasteiger partial charge in [-0.1, -0.05) is 23.0 Å². The summed E-state index contributed by atoms with van der Waals surface area (Å²) in [5.41, 5.74) is 0.686. The summed E-state index contributed by atoms with van der Waals surface area (Å²) >= 11 is 3.16. The van der Waals surface area contributed by atoms with Crippen molar-refractivity contribution in [1.82, 2.24) is 24.9 Å². The summed E-state index contributed by atoms with van der Waals surface area (Å²) in [6, 6.07) is 10.6.